The van der Waals surface area contributed by atoms with Crippen molar-refractivity contribution in [2.45, 2.75) is 16.4 Å². The molecule has 2 heterocycles. The van der Waals surface area contributed by atoms with E-state index >= 15 is 0 Å². The van der Waals surface area contributed by atoms with Crippen LogP contribution in [0.5, 0.6) is 0 Å². The predicted molar refractivity (Wildman–Crippen MR) is 148 cm³/mol. The number of carboxylic acids is 1. The largest absolute Gasteiger partial charge is 0.477 e. The fourth-order valence-corrected chi connectivity index (χ4v) is 4.78. The smallest absolute Gasteiger partial charge is 0.354 e. The molecule has 0 amide bonds. The van der Waals surface area contributed by atoms with Crippen molar-refractivity contribution < 1.29 is 46.0 Å². The molecular formula is C25H20N4O12S2. The second kappa shape index (κ2) is 12.0. The zero-order valence-corrected chi connectivity index (χ0v) is 23.0. The summed E-state index contributed by atoms with van der Waals surface area (Å²) in [6, 6.07) is 9.09. The molecule has 0 bridgehead atoms. The lowest BCUT2D eigenvalue weighted by molar-refractivity contribution is -0.253. The van der Waals surface area contributed by atoms with Gasteiger partial charge in [0, 0.05) is 0 Å². The molecule has 4 rings (SSSR count). The Morgan fingerprint density at radius 2 is 1.33 bits per heavy atom. The second-order valence-electron chi connectivity index (χ2n) is 8.54. The molecular weight excluding hydrogens is 612 g/mol. The van der Waals surface area contributed by atoms with E-state index in [1.54, 1.807) is 0 Å². The molecule has 224 valence electrons. The lowest BCUT2D eigenvalue weighted by atomic mass is 10.2. The molecule has 0 atom stereocenters. The SMILES string of the molecule is O=C(O)c1[nH]n(-c2ccc(S(=O)(=O)O)cc2)c(=O)c1C=CC=C=Cc1c(COO)[nH]n(-c2ccc(S(=O)(=O)O)cc2)c1=O. The standard InChI is InChI=1S/C25H20N4O12S2/c30-23-19(21(14-41-34)26-28(23)15-6-10-17(11-7-15)42(35,36)37)4-2-1-3-5-20-22(25(32)33)27-29(24(20)31)16-8-12-18(13-9-16)43(38,39)40/h1,3-13,26-27,34H,14H2,(H,32,33)(H,35,36,37)(H,38,39,40). The number of aromatic amines is 2. The van der Waals surface area contributed by atoms with E-state index in [1.165, 1.54) is 42.5 Å². The highest BCUT2D eigenvalue weighted by atomic mass is 32.2. The van der Waals surface area contributed by atoms with Gasteiger partial charge >= 0.3 is 5.97 Å². The number of aromatic nitrogens is 4. The molecule has 0 aliphatic heterocycles. The molecule has 0 fully saturated rings. The summed E-state index contributed by atoms with van der Waals surface area (Å²) >= 11 is 0. The van der Waals surface area contributed by atoms with Gasteiger partial charge in [0.15, 0.2) is 5.69 Å². The Balaban J connectivity index is 1.65. The third kappa shape index (κ3) is 6.71. The third-order valence-electron chi connectivity index (χ3n) is 5.82. The molecule has 0 aliphatic carbocycles. The van der Waals surface area contributed by atoms with Gasteiger partial charge in [0.25, 0.3) is 31.4 Å². The molecule has 6 N–H and O–H groups in total. The number of carbonyl (C=O) groups is 1. The lowest BCUT2D eigenvalue weighted by Gasteiger charge is -2.03. The minimum atomic E-state index is -4.48. The van der Waals surface area contributed by atoms with E-state index in [1.807, 2.05) is 0 Å². The van der Waals surface area contributed by atoms with Crippen molar-refractivity contribution >= 4 is 38.4 Å². The zero-order chi connectivity index (χ0) is 31.5. The predicted octanol–water partition coefficient (Wildman–Crippen LogP) is 1.71. The van der Waals surface area contributed by atoms with Crippen molar-refractivity contribution in [3.05, 3.63) is 110 Å². The van der Waals surface area contributed by atoms with Gasteiger partial charge in [-0.3, -0.25) is 34.1 Å². The van der Waals surface area contributed by atoms with Gasteiger partial charge in [-0.2, -0.15) is 16.8 Å². The fourth-order valence-electron chi connectivity index (χ4n) is 3.82. The molecule has 0 radical (unpaired) electrons. The maximum absolute atomic E-state index is 13.0. The number of hydrogen-bond donors (Lipinski definition) is 6. The van der Waals surface area contributed by atoms with Crippen LogP contribution in [0.2, 0.25) is 0 Å². The maximum Gasteiger partial charge on any atom is 0.354 e. The summed E-state index contributed by atoms with van der Waals surface area (Å²) in [5.74, 6) is -1.46. The average molecular weight is 633 g/mol. The molecule has 43 heavy (non-hydrogen) atoms. The monoisotopic (exact) mass is 632 g/mol. The van der Waals surface area contributed by atoms with Crippen LogP contribution in [0.15, 0.2) is 85.8 Å². The number of carboxylic acid groups (broad SMARTS) is 1. The van der Waals surface area contributed by atoms with Gasteiger partial charge in [-0.1, -0.05) is 6.08 Å². The van der Waals surface area contributed by atoms with Gasteiger partial charge in [0.2, 0.25) is 0 Å². The highest BCUT2D eigenvalue weighted by Gasteiger charge is 2.19. The van der Waals surface area contributed by atoms with Crippen molar-refractivity contribution in [3.8, 4) is 11.4 Å². The molecule has 0 saturated heterocycles. The first-order chi connectivity index (χ1) is 20.2. The number of nitrogens with zero attached hydrogens (tertiary/aromatic N) is 2. The van der Waals surface area contributed by atoms with Crippen LogP contribution in [0, 0.1) is 0 Å². The van der Waals surface area contributed by atoms with Gasteiger partial charge in [0.05, 0.1) is 38.0 Å². The second-order valence-corrected chi connectivity index (χ2v) is 11.4. The van der Waals surface area contributed by atoms with Gasteiger partial charge in [-0.05, 0) is 66.8 Å². The summed E-state index contributed by atoms with van der Waals surface area (Å²) in [7, 11) is -8.93. The number of rotatable bonds is 10. The lowest BCUT2D eigenvalue weighted by Crippen LogP contribution is -2.16. The summed E-state index contributed by atoms with van der Waals surface area (Å²) in [4.78, 5) is 40.9. The summed E-state index contributed by atoms with van der Waals surface area (Å²) in [5.41, 5.74) is 0.866. The molecule has 2 aromatic heterocycles. The minimum absolute atomic E-state index is 0.0129. The number of aromatic carboxylic acids is 1. The van der Waals surface area contributed by atoms with Crippen LogP contribution in [0.3, 0.4) is 0 Å². The Morgan fingerprint density at radius 1 is 0.837 bits per heavy atom. The van der Waals surface area contributed by atoms with E-state index in [0.717, 1.165) is 39.7 Å². The number of H-pyrrole nitrogens is 2. The highest BCUT2D eigenvalue weighted by molar-refractivity contribution is 7.86. The summed E-state index contributed by atoms with van der Waals surface area (Å²) in [6.45, 7) is -0.440. The number of hydrogen-bond acceptors (Lipinski definition) is 9. The number of benzene rings is 2. The van der Waals surface area contributed by atoms with Crippen LogP contribution in [0.25, 0.3) is 23.5 Å². The molecule has 0 unspecified atom stereocenters. The molecule has 16 nitrogen and oxygen atoms in total. The quantitative estimate of drug-likeness (QED) is 0.0480. The van der Waals surface area contributed by atoms with Crippen molar-refractivity contribution in [1.82, 2.24) is 19.6 Å². The van der Waals surface area contributed by atoms with Crippen molar-refractivity contribution in [2.24, 2.45) is 0 Å². The summed E-state index contributed by atoms with van der Waals surface area (Å²) < 4.78 is 65.2. The Bertz CT molecular complexity index is 2130. The molecule has 18 heteroatoms. The van der Waals surface area contributed by atoms with E-state index < -0.39 is 54.5 Å². The number of nitrogens with one attached hydrogen (secondary N) is 2. The molecule has 0 saturated carbocycles. The van der Waals surface area contributed by atoms with Gasteiger partial charge in [-0.15, -0.1) is 5.73 Å². The van der Waals surface area contributed by atoms with Gasteiger partial charge in [0.1, 0.15) is 6.61 Å². The first-order valence-corrected chi connectivity index (χ1v) is 14.5. The zero-order valence-electron chi connectivity index (χ0n) is 21.4. The Kier molecular flexibility index (Phi) is 8.65. The summed E-state index contributed by atoms with van der Waals surface area (Å²) in [6.07, 6.45) is 4.90. The van der Waals surface area contributed by atoms with Crippen molar-refractivity contribution in [3.63, 3.8) is 0 Å². The maximum atomic E-state index is 13.0. The van der Waals surface area contributed by atoms with Crippen LogP contribution in [-0.4, -0.2) is 61.8 Å². The first kappa shape index (κ1) is 30.9. The van der Waals surface area contributed by atoms with Crippen LogP contribution >= 0.6 is 0 Å². The van der Waals surface area contributed by atoms with E-state index in [-0.39, 0.29) is 33.1 Å². The topological polar surface area (TPSA) is 251 Å². The van der Waals surface area contributed by atoms with Gasteiger partial charge in [-0.25, -0.2) is 19.0 Å². The van der Waals surface area contributed by atoms with E-state index in [9.17, 15) is 36.3 Å². The van der Waals surface area contributed by atoms with Crippen LogP contribution in [0.4, 0.5) is 0 Å². The summed E-state index contributed by atoms with van der Waals surface area (Å²) in [5, 5.41) is 23.6. The van der Waals surface area contributed by atoms with Crippen LogP contribution < -0.4 is 11.1 Å². The molecule has 0 aliphatic rings. The molecule has 0 spiro atoms. The molecule has 4 aromatic rings. The van der Waals surface area contributed by atoms with Gasteiger partial charge < -0.3 is 5.11 Å². The average Bonchev–Trinajstić information content (AvgIpc) is 3.44. The Hall–Kier alpha value is -5.07. The van der Waals surface area contributed by atoms with Crippen molar-refractivity contribution in [2.75, 3.05) is 0 Å². The molecule has 2 aromatic carbocycles. The minimum Gasteiger partial charge on any atom is -0.477 e. The Labute approximate surface area is 241 Å². The third-order valence-corrected chi connectivity index (χ3v) is 7.56. The van der Waals surface area contributed by atoms with E-state index in [0.29, 0.717) is 0 Å². The number of allylic oxidation sites excluding steroid dienone is 2. The normalized spacial score (nSPS) is 11.9. The fraction of sp³-hybridized carbons (Fsp3) is 0.0400. The Morgan fingerprint density at radius 3 is 1.79 bits per heavy atom. The van der Waals surface area contributed by atoms with E-state index in [2.05, 4.69) is 20.8 Å². The van der Waals surface area contributed by atoms with Crippen LogP contribution in [0.1, 0.15) is 27.3 Å². The van der Waals surface area contributed by atoms with Crippen molar-refractivity contribution in [1.29, 1.82) is 0 Å². The van der Waals surface area contributed by atoms with E-state index in [4.69, 9.17) is 14.4 Å². The highest BCUT2D eigenvalue weighted by Crippen LogP contribution is 2.16. The first-order valence-electron chi connectivity index (χ1n) is 11.7. The van der Waals surface area contributed by atoms with Crippen LogP contribution in [-0.2, 0) is 31.7 Å².